The number of hydrogen-bond donors (Lipinski definition) is 1. The number of benzene rings is 2. The summed E-state index contributed by atoms with van der Waals surface area (Å²) < 4.78 is 50.1. The van der Waals surface area contributed by atoms with Crippen LogP contribution in [0.25, 0.3) is 0 Å². The van der Waals surface area contributed by atoms with Crippen LogP contribution in [0.3, 0.4) is 0 Å². The van der Waals surface area contributed by atoms with Gasteiger partial charge in [0, 0.05) is 6.21 Å². The minimum atomic E-state index is -4.70. The average Bonchev–Trinajstić information content (AvgIpc) is 2.46. The molecular formula is C16H13F4NO. The maximum absolute atomic E-state index is 12.8. The highest BCUT2D eigenvalue weighted by Gasteiger charge is 2.39. The fourth-order valence-corrected chi connectivity index (χ4v) is 1.88. The molecule has 0 aliphatic heterocycles. The fraction of sp³-hybridized carbons (Fsp3) is 0.188. The van der Waals surface area contributed by atoms with Crippen molar-refractivity contribution in [1.82, 2.24) is 0 Å². The molecule has 0 aliphatic carbocycles. The van der Waals surface area contributed by atoms with Crippen LogP contribution in [-0.2, 0) is 0 Å². The third kappa shape index (κ3) is 3.92. The molecule has 2 aromatic carbocycles. The zero-order valence-electron chi connectivity index (χ0n) is 11.6. The van der Waals surface area contributed by atoms with Gasteiger partial charge in [-0.05, 0) is 41.8 Å². The number of nitrogens with zero attached hydrogens (tertiary/aromatic N) is 1. The topological polar surface area (TPSA) is 32.6 Å². The zero-order valence-corrected chi connectivity index (χ0v) is 11.6. The van der Waals surface area contributed by atoms with Crippen LogP contribution in [0.2, 0.25) is 0 Å². The molecule has 0 radical (unpaired) electrons. The molecule has 0 saturated heterocycles. The Kier molecular flexibility index (Phi) is 4.61. The SMILES string of the molecule is Cc1cc(C(O)C(F)(F)F)ccc1N=Cc1ccc(F)cc1. The number of rotatable bonds is 3. The normalized spacial score (nSPS) is 13.5. The lowest BCUT2D eigenvalue weighted by molar-refractivity contribution is -0.206. The molecule has 2 aromatic rings. The number of halogens is 4. The average molecular weight is 311 g/mol. The maximum Gasteiger partial charge on any atom is 0.418 e. The van der Waals surface area contributed by atoms with Crippen molar-refractivity contribution in [1.29, 1.82) is 0 Å². The maximum atomic E-state index is 12.8. The van der Waals surface area contributed by atoms with Crippen molar-refractivity contribution < 1.29 is 22.7 Å². The summed E-state index contributed by atoms with van der Waals surface area (Å²) in [5, 5.41) is 9.21. The quantitative estimate of drug-likeness (QED) is 0.658. The summed E-state index contributed by atoms with van der Waals surface area (Å²) in [6, 6.07) is 9.48. The van der Waals surface area contributed by atoms with E-state index >= 15 is 0 Å². The van der Waals surface area contributed by atoms with Crippen molar-refractivity contribution in [2.45, 2.75) is 19.2 Å². The van der Waals surface area contributed by atoms with E-state index < -0.39 is 12.3 Å². The van der Waals surface area contributed by atoms with Crippen molar-refractivity contribution in [3.05, 3.63) is 65.0 Å². The summed E-state index contributed by atoms with van der Waals surface area (Å²) in [6.07, 6.45) is -5.73. The van der Waals surface area contributed by atoms with Gasteiger partial charge in [-0.3, -0.25) is 4.99 Å². The van der Waals surface area contributed by atoms with E-state index in [0.29, 0.717) is 16.8 Å². The Hall–Kier alpha value is -2.21. The Morgan fingerprint density at radius 2 is 1.73 bits per heavy atom. The van der Waals surface area contributed by atoms with Gasteiger partial charge in [0.15, 0.2) is 6.10 Å². The molecule has 0 heterocycles. The monoisotopic (exact) mass is 311 g/mol. The van der Waals surface area contributed by atoms with E-state index in [1.165, 1.54) is 48.7 Å². The Balaban J connectivity index is 2.21. The number of aliphatic hydroxyl groups is 1. The van der Waals surface area contributed by atoms with E-state index in [1.54, 1.807) is 6.92 Å². The Labute approximate surface area is 124 Å². The molecule has 116 valence electrons. The molecular weight excluding hydrogens is 298 g/mol. The molecule has 0 fully saturated rings. The van der Waals surface area contributed by atoms with Gasteiger partial charge in [0.2, 0.25) is 0 Å². The van der Waals surface area contributed by atoms with Gasteiger partial charge in [0.25, 0.3) is 0 Å². The van der Waals surface area contributed by atoms with Crippen LogP contribution in [0, 0.1) is 12.7 Å². The molecule has 0 amide bonds. The van der Waals surface area contributed by atoms with E-state index in [9.17, 15) is 22.7 Å². The van der Waals surface area contributed by atoms with Crippen molar-refractivity contribution in [2.75, 3.05) is 0 Å². The molecule has 22 heavy (non-hydrogen) atoms. The second kappa shape index (κ2) is 6.27. The number of aliphatic hydroxyl groups excluding tert-OH is 1. The standard InChI is InChI=1S/C16H13F4NO/c1-10-8-12(15(22)16(18,19)20)4-7-14(10)21-9-11-2-5-13(17)6-3-11/h2-9,15,22H,1H3. The predicted octanol–water partition coefficient (Wildman–Crippen LogP) is 4.48. The molecule has 2 nitrogen and oxygen atoms in total. The number of alkyl halides is 3. The molecule has 0 aromatic heterocycles. The first-order valence-corrected chi connectivity index (χ1v) is 6.42. The van der Waals surface area contributed by atoms with Crippen LogP contribution < -0.4 is 0 Å². The third-order valence-corrected chi connectivity index (χ3v) is 3.07. The number of aliphatic imine (C=N–C) groups is 1. The molecule has 1 unspecified atom stereocenters. The minimum absolute atomic E-state index is 0.231. The van der Waals surface area contributed by atoms with Crippen molar-refractivity contribution in [3.8, 4) is 0 Å². The number of aryl methyl sites for hydroxylation is 1. The summed E-state index contributed by atoms with van der Waals surface area (Å²) in [7, 11) is 0. The van der Waals surface area contributed by atoms with Gasteiger partial charge in [-0.2, -0.15) is 13.2 Å². The lowest BCUT2D eigenvalue weighted by Crippen LogP contribution is -2.20. The van der Waals surface area contributed by atoms with E-state index in [0.717, 1.165) is 0 Å². The lowest BCUT2D eigenvalue weighted by atomic mass is 10.0. The Morgan fingerprint density at radius 1 is 1.09 bits per heavy atom. The highest BCUT2D eigenvalue weighted by Crippen LogP contribution is 2.34. The highest BCUT2D eigenvalue weighted by molar-refractivity contribution is 5.82. The molecule has 0 bridgehead atoms. The molecule has 2 rings (SSSR count). The zero-order chi connectivity index (χ0) is 16.3. The highest BCUT2D eigenvalue weighted by atomic mass is 19.4. The van der Waals surface area contributed by atoms with Crippen molar-refractivity contribution in [3.63, 3.8) is 0 Å². The molecule has 0 aliphatic rings. The van der Waals surface area contributed by atoms with Gasteiger partial charge in [0.05, 0.1) is 5.69 Å². The van der Waals surface area contributed by atoms with Crippen LogP contribution in [0.15, 0.2) is 47.5 Å². The van der Waals surface area contributed by atoms with Crippen LogP contribution >= 0.6 is 0 Å². The van der Waals surface area contributed by atoms with E-state index in [-0.39, 0.29) is 11.4 Å². The Bertz CT molecular complexity index is 678. The molecule has 6 heteroatoms. The summed E-state index contributed by atoms with van der Waals surface area (Å²) in [4.78, 5) is 4.16. The summed E-state index contributed by atoms with van der Waals surface area (Å²) >= 11 is 0. The fourth-order valence-electron chi connectivity index (χ4n) is 1.88. The van der Waals surface area contributed by atoms with Gasteiger partial charge in [-0.25, -0.2) is 4.39 Å². The van der Waals surface area contributed by atoms with Crippen LogP contribution in [0.1, 0.15) is 22.8 Å². The summed E-state index contributed by atoms with van der Waals surface area (Å²) in [5.74, 6) is -0.362. The van der Waals surface area contributed by atoms with E-state index in [1.807, 2.05) is 0 Å². The van der Waals surface area contributed by atoms with E-state index in [4.69, 9.17) is 0 Å². The van der Waals surface area contributed by atoms with Gasteiger partial charge in [0.1, 0.15) is 5.82 Å². The third-order valence-electron chi connectivity index (χ3n) is 3.07. The van der Waals surface area contributed by atoms with E-state index in [2.05, 4.69) is 4.99 Å². The second-order valence-electron chi connectivity index (χ2n) is 4.80. The molecule has 0 saturated carbocycles. The van der Waals surface area contributed by atoms with Crippen molar-refractivity contribution in [2.24, 2.45) is 4.99 Å². The number of hydrogen-bond acceptors (Lipinski definition) is 2. The van der Waals surface area contributed by atoms with Crippen LogP contribution in [0.4, 0.5) is 23.2 Å². The summed E-state index contributed by atoms with van der Waals surface area (Å²) in [5.41, 5.74) is 1.41. The first-order chi connectivity index (χ1) is 10.3. The second-order valence-corrected chi connectivity index (χ2v) is 4.80. The van der Waals surface area contributed by atoms with Gasteiger partial charge in [-0.1, -0.05) is 24.3 Å². The first kappa shape index (κ1) is 16.2. The lowest BCUT2D eigenvalue weighted by Gasteiger charge is -2.15. The smallest absolute Gasteiger partial charge is 0.379 e. The Morgan fingerprint density at radius 3 is 2.27 bits per heavy atom. The van der Waals surface area contributed by atoms with Crippen LogP contribution in [-0.4, -0.2) is 17.5 Å². The predicted molar refractivity (Wildman–Crippen MR) is 75.8 cm³/mol. The van der Waals surface area contributed by atoms with Gasteiger partial charge >= 0.3 is 6.18 Å². The first-order valence-electron chi connectivity index (χ1n) is 6.42. The minimum Gasteiger partial charge on any atom is -0.379 e. The van der Waals surface area contributed by atoms with Gasteiger partial charge < -0.3 is 5.11 Å². The molecule has 1 N–H and O–H groups in total. The van der Waals surface area contributed by atoms with Gasteiger partial charge in [-0.15, -0.1) is 0 Å². The van der Waals surface area contributed by atoms with Crippen molar-refractivity contribution >= 4 is 11.9 Å². The molecule has 1 atom stereocenters. The van der Waals surface area contributed by atoms with Crippen LogP contribution in [0.5, 0.6) is 0 Å². The summed E-state index contributed by atoms with van der Waals surface area (Å²) in [6.45, 7) is 1.60. The largest absolute Gasteiger partial charge is 0.418 e. The molecule has 0 spiro atoms.